The standard InChI is InChI=1S/C16H14N2/c1-2-6-14-11-15-7-3-4-8-16(15)18-12-17-10-9-13(14)5-1/h1-8H,9-11H2. The topological polar surface area (TPSA) is 24.7 Å². The Balaban J connectivity index is 2.11. The van der Waals surface area contributed by atoms with Gasteiger partial charge in [-0.25, -0.2) is 4.99 Å². The Hall–Kier alpha value is -2.18. The molecular weight excluding hydrogens is 220 g/mol. The summed E-state index contributed by atoms with van der Waals surface area (Å²) in [6, 6.07) is 19.6. The SMILES string of the molecule is C1=NCCc2ccccc2Cc2ccccc2N=1. The van der Waals surface area contributed by atoms with E-state index >= 15 is 0 Å². The first-order chi connectivity index (χ1) is 8.93. The Morgan fingerprint density at radius 1 is 0.833 bits per heavy atom. The van der Waals surface area contributed by atoms with E-state index in [4.69, 9.17) is 0 Å². The molecule has 88 valence electrons. The highest BCUT2D eigenvalue weighted by molar-refractivity contribution is 5.57. The summed E-state index contributed by atoms with van der Waals surface area (Å²) in [4.78, 5) is 8.52. The lowest BCUT2D eigenvalue weighted by Crippen LogP contribution is -1.99. The van der Waals surface area contributed by atoms with Crippen LogP contribution in [-0.2, 0) is 12.8 Å². The highest BCUT2D eigenvalue weighted by Gasteiger charge is 2.06. The van der Waals surface area contributed by atoms with Gasteiger partial charge in [-0.3, -0.25) is 0 Å². The van der Waals surface area contributed by atoms with Crippen LogP contribution in [0.1, 0.15) is 16.7 Å². The summed E-state index contributed by atoms with van der Waals surface area (Å²) in [5.74, 6) is 0. The Kier molecular flexibility index (Phi) is 3.03. The van der Waals surface area contributed by atoms with Crippen LogP contribution in [-0.4, -0.2) is 12.6 Å². The summed E-state index contributed by atoms with van der Waals surface area (Å²) in [6.07, 6.45) is 1.89. The Morgan fingerprint density at radius 2 is 1.56 bits per heavy atom. The second-order valence-corrected chi connectivity index (χ2v) is 4.42. The van der Waals surface area contributed by atoms with Gasteiger partial charge in [0.15, 0.2) is 0 Å². The molecule has 1 aliphatic rings. The molecule has 2 heteroatoms. The van der Waals surface area contributed by atoms with Gasteiger partial charge in [0.25, 0.3) is 0 Å². The quantitative estimate of drug-likeness (QED) is 0.665. The minimum absolute atomic E-state index is 0.753. The molecule has 0 radical (unpaired) electrons. The predicted octanol–water partition coefficient (Wildman–Crippen LogP) is 3.64. The highest BCUT2D eigenvalue weighted by atomic mass is 14.8. The van der Waals surface area contributed by atoms with Crippen LogP contribution in [0.4, 0.5) is 5.69 Å². The number of rotatable bonds is 0. The van der Waals surface area contributed by atoms with E-state index < -0.39 is 0 Å². The van der Waals surface area contributed by atoms with Crippen molar-refractivity contribution in [2.75, 3.05) is 6.54 Å². The van der Waals surface area contributed by atoms with Crippen molar-refractivity contribution in [3.8, 4) is 0 Å². The lowest BCUT2D eigenvalue weighted by atomic mass is 9.97. The zero-order valence-electron chi connectivity index (χ0n) is 10.1. The maximum atomic E-state index is 4.30. The van der Waals surface area contributed by atoms with Crippen molar-refractivity contribution in [2.24, 2.45) is 9.98 Å². The molecule has 0 atom stereocenters. The molecule has 0 amide bonds. The molecule has 0 spiro atoms. The number of para-hydroxylation sites is 1. The van der Waals surface area contributed by atoms with Gasteiger partial charge >= 0.3 is 0 Å². The van der Waals surface area contributed by atoms with Crippen molar-refractivity contribution < 1.29 is 0 Å². The van der Waals surface area contributed by atoms with Crippen molar-refractivity contribution in [2.45, 2.75) is 12.8 Å². The maximum Gasteiger partial charge on any atom is 0.0949 e. The summed E-state index contributed by atoms with van der Waals surface area (Å²) in [6.45, 7) is 0.753. The van der Waals surface area contributed by atoms with Gasteiger partial charge in [-0.2, -0.15) is 4.99 Å². The van der Waals surface area contributed by atoms with E-state index in [1.54, 1.807) is 0 Å². The molecule has 18 heavy (non-hydrogen) atoms. The van der Waals surface area contributed by atoms with E-state index in [1.807, 2.05) is 12.1 Å². The van der Waals surface area contributed by atoms with Crippen LogP contribution in [0.5, 0.6) is 0 Å². The molecule has 1 heterocycles. The van der Waals surface area contributed by atoms with Gasteiger partial charge in [-0.05, 0) is 35.6 Å². The molecular formula is C16H14N2. The zero-order chi connectivity index (χ0) is 12.2. The minimum atomic E-state index is 0.753. The fourth-order valence-electron chi connectivity index (χ4n) is 2.26. The van der Waals surface area contributed by atoms with E-state index in [0.29, 0.717) is 0 Å². The van der Waals surface area contributed by atoms with Gasteiger partial charge < -0.3 is 0 Å². The van der Waals surface area contributed by atoms with Crippen LogP contribution < -0.4 is 0 Å². The third kappa shape index (κ3) is 2.24. The second kappa shape index (κ2) is 4.99. The average Bonchev–Trinajstić information content (AvgIpc) is 2.42. The highest BCUT2D eigenvalue weighted by Crippen LogP contribution is 2.23. The van der Waals surface area contributed by atoms with Gasteiger partial charge in [-0.1, -0.05) is 42.5 Å². The van der Waals surface area contributed by atoms with Crippen molar-refractivity contribution in [1.29, 1.82) is 0 Å². The molecule has 0 saturated carbocycles. The molecule has 2 aromatic rings. The van der Waals surface area contributed by atoms with Crippen molar-refractivity contribution in [1.82, 2.24) is 0 Å². The van der Waals surface area contributed by atoms with Gasteiger partial charge in [0.2, 0.25) is 0 Å². The first-order valence-corrected chi connectivity index (χ1v) is 6.20. The van der Waals surface area contributed by atoms with Gasteiger partial charge in [0, 0.05) is 0 Å². The fraction of sp³-hybridized carbons (Fsp3) is 0.188. The summed E-state index contributed by atoms with van der Waals surface area (Å²) in [5.41, 5.74) is 4.95. The molecule has 0 unspecified atom stereocenters. The monoisotopic (exact) mass is 234 g/mol. The first kappa shape index (κ1) is 10.9. The van der Waals surface area contributed by atoms with Crippen molar-refractivity contribution >= 4 is 11.7 Å². The number of aliphatic imine (C=N–C) groups is 2. The van der Waals surface area contributed by atoms with E-state index in [1.165, 1.54) is 16.7 Å². The lowest BCUT2D eigenvalue weighted by Gasteiger charge is -2.10. The summed E-state index contributed by atoms with van der Waals surface area (Å²) in [7, 11) is 0. The van der Waals surface area contributed by atoms with Crippen LogP contribution in [0.2, 0.25) is 0 Å². The van der Waals surface area contributed by atoms with Crippen molar-refractivity contribution in [3.63, 3.8) is 0 Å². The van der Waals surface area contributed by atoms with E-state index in [0.717, 1.165) is 25.1 Å². The lowest BCUT2D eigenvalue weighted by molar-refractivity contribution is 0.947. The normalized spacial score (nSPS) is 13.8. The Bertz CT molecular complexity index is 622. The smallest absolute Gasteiger partial charge is 0.0949 e. The maximum absolute atomic E-state index is 4.30. The van der Waals surface area contributed by atoms with Crippen LogP contribution in [0.15, 0.2) is 58.5 Å². The Labute approximate surface area is 107 Å². The van der Waals surface area contributed by atoms with Gasteiger partial charge in [0.05, 0.1) is 18.2 Å². The molecule has 2 aromatic carbocycles. The first-order valence-electron chi connectivity index (χ1n) is 6.20. The Morgan fingerprint density at radius 3 is 2.44 bits per heavy atom. The minimum Gasteiger partial charge on any atom is -0.225 e. The summed E-state index contributed by atoms with van der Waals surface area (Å²) >= 11 is 0. The molecule has 0 aromatic heterocycles. The van der Waals surface area contributed by atoms with Crippen LogP contribution in [0.25, 0.3) is 0 Å². The number of fused-ring (bicyclic) bond motifs is 2. The largest absolute Gasteiger partial charge is 0.225 e. The van der Waals surface area contributed by atoms with Crippen LogP contribution in [0, 0.1) is 0 Å². The van der Waals surface area contributed by atoms with Crippen LogP contribution in [0.3, 0.4) is 0 Å². The molecule has 0 saturated heterocycles. The molecule has 2 nitrogen and oxygen atoms in total. The molecule has 1 aliphatic heterocycles. The number of nitrogens with zero attached hydrogens (tertiary/aromatic N) is 2. The van der Waals surface area contributed by atoms with Gasteiger partial charge in [-0.15, -0.1) is 0 Å². The van der Waals surface area contributed by atoms with E-state index in [-0.39, 0.29) is 0 Å². The zero-order valence-corrected chi connectivity index (χ0v) is 10.1. The summed E-state index contributed by atoms with van der Waals surface area (Å²) in [5, 5.41) is 0. The molecule has 0 fully saturated rings. The third-order valence-corrected chi connectivity index (χ3v) is 3.23. The van der Waals surface area contributed by atoms with E-state index in [9.17, 15) is 0 Å². The van der Waals surface area contributed by atoms with E-state index in [2.05, 4.69) is 52.4 Å². The molecule has 3 rings (SSSR count). The second-order valence-electron chi connectivity index (χ2n) is 4.42. The van der Waals surface area contributed by atoms with Crippen LogP contribution >= 0.6 is 0 Å². The molecule has 0 bridgehead atoms. The number of hydrogen-bond acceptors (Lipinski definition) is 2. The number of benzene rings is 2. The molecule has 0 aliphatic carbocycles. The predicted molar refractivity (Wildman–Crippen MR) is 73.8 cm³/mol. The fourth-order valence-corrected chi connectivity index (χ4v) is 2.26. The van der Waals surface area contributed by atoms with Crippen molar-refractivity contribution in [3.05, 3.63) is 65.2 Å². The van der Waals surface area contributed by atoms with Gasteiger partial charge in [0.1, 0.15) is 0 Å². The summed E-state index contributed by atoms with van der Waals surface area (Å²) < 4.78 is 0. The molecule has 0 N–H and O–H groups in total. The third-order valence-electron chi connectivity index (χ3n) is 3.23. The number of hydrogen-bond donors (Lipinski definition) is 0. The average molecular weight is 234 g/mol.